The number of aryl methyl sites for hydroxylation is 1. The SMILES string of the molecule is Nc1cc(F)c(NCCCc2ncn[nH]2)c(F)c1. The van der Waals surface area contributed by atoms with Crippen LogP contribution < -0.4 is 11.1 Å². The van der Waals surface area contributed by atoms with Crippen molar-refractivity contribution in [1.29, 1.82) is 0 Å². The standard InChI is InChI=1S/C11H13F2N5/c12-8-4-7(14)5-9(13)11(8)15-3-1-2-10-16-6-17-18-10/h4-6,15H,1-3,14H2,(H,16,17,18). The number of hydrogen-bond donors (Lipinski definition) is 3. The molecule has 0 aliphatic rings. The van der Waals surface area contributed by atoms with Gasteiger partial charge in [-0.05, 0) is 18.6 Å². The molecule has 1 heterocycles. The van der Waals surface area contributed by atoms with Crippen molar-refractivity contribution >= 4 is 11.4 Å². The van der Waals surface area contributed by atoms with E-state index >= 15 is 0 Å². The first-order chi connectivity index (χ1) is 8.66. The highest BCUT2D eigenvalue weighted by Crippen LogP contribution is 2.21. The van der Waals surface area contributed by atoms with Gasteiger partial charge in [0.1, 0.15) is 17.8 Å². The minimum atomic E-state index is -0.688. The van der Waals surface area contributed by atoms with Crippen molar-refractivity contribution in [3.8, 4) is 0 Å². The smallest absolute Gasteiger partial charge is 0.151 e. The summed E-state index contributed by atoms with van der Waals surface area (Å²) in [6.45, 7) is 0.429. The number of nitrogens with zero attached hydrogens (tertiary/aromatic N) is 2. The molecular weight excluding hydrogens is 240 g/mol. The highest BCUT2D eigenvalue weighted by molar-refractivity contribution is 5.53. The van der Waals surface area contributed by atoms with Gasteiger partial charge in [0.15, 0.2) is 11.6 Å². The van der Waals surface area contributed by atoms with Crippen molar-refractivity contribution < 1.29 is 8.78 Å². The van der Waals surface area contributed by atoms with Crippen molar-refractivity contribution in [3.63, 3.8) is 0 Å². The first-order valence-electron chi connectivity index (χ1n) is 5.49. The number of H-pyrrole nitrogens is 1. The number of nitrogens with one attached hydrogen (secondary N) is 2. The van der Waals surface area contributed by atoms with E-state index in [1.165, 1.54) is 6.33 Å². The summed E-state index contributed by atoms with van der Waals surface area (Å²) in [5.41, 5.74) is 5.24. The van der Waals surface area contributed by atoms with Crippen LogP contribution in [0.15, 0.2) is 18.5 Å². The Morgan fingerprint density at radius 2 is 2.00 bits per heavy atom. The number of nitrogen functional groups attached to an aromatic ring is 1. The number of halogens is 2. The summed E-state index contributed by atoms with van der Waals surface area (Å²) in [7, 11) is 0. The molecule has 0 unspecified atom stereocenters. The van der Waals surface area contributed by atoms with Crippen LogP contribution in [0.4, 0.5) is 20.2 Å². The second-order valence-corrected chi connectivity index (χ2v) is 3.82. The summed E-state index contributed by atoms with van der Waals surface area (Å²) in [4.78, 5) is 3.95. The van der Waals surface area contributed by atoms with Gasteiger partial charge in [0.2, 0.25) is 0 Å². The number of hydrogen-bond acceptors (Lipinski definition) is 4. The summed E-state index contributed by atoms with van der Waals surface area (Å²) in [6, 6.07) is 2.17. The van der Waals surface area contributed by atoms with E-state index in [0.29, 0.717) is 19.4 Å². The summed E-state index contributed by atoms with van der Waals surface area (Å²) < 4.78 is 26.8. The molecule has 2 rings (SSSR count). The molecule has 0 radical (unpaired) electrons. The average molecular weight is 253 g/mol. The van der Waals surface area contributed by atoms with Gasteiger partial charge in [0.05, 0.1) is 0 Å². The molecule has 0 aliphatic heterocycles. The third-order valence-corrected chi connectivity index (χ3v) is 2.42. The topological polar surface area (TPSA) is 79.6 Å². The summed E-state index contributed by atoms with van der Waals surface area (Å²) >= 11 is 0. The molecule has 4 N–H and O–H groups in total. The molecule has 1 aromatic heterocycles. The van der Waals surface area contributed by atoms with E-state index in [1.807, 2.05) is 0 Å². The lowest BCUT2D eigenvalue weighted by Crippen LogP contribution is -2.07. The predicted octanol–water partition coefficient (Wildman–Crippen LogP) is 1.71. The third kappa shape index (κ3) is 2.93. The average Bonchev–Trinajstić information content (AvgIpc) is 2.79. The quantitative estimate of drug-likeness (QED) is 0.560. The largest absolute Gasteiger partial charge is 0.399 e. The molecule has 0 fully saturated rings. The van der Waals surface area contributed by atoms with E-state index in [9.17, 15) is 8.78 Å². The van der Waals surface area contributed by atoms with Gasteiger partial charge < -0.3 is 11.1 Å². The van der Waals surface area contributed by atoms with Crippen LogP contribution in [0.2, 0.25) is 0 Å². The van der Waals surface area contributed by atoms with Crippen molar-refractivity contribution in [1.82, 2.24) is 15.2 Å². The van der Waals surface area contributed by atoms with Crippen LogP contribution >= 0.6 is 0 Å². The molecule has 1 aromatic carbocycles. The molecule has 0 aliphatic carbocycles. The van der Waals surface area contributed by atoms with Crippen LogP contribution in [-0.2, 0) is 6.42 Å². The van der Waals surface area contributed by atoms with Gasteiger partial charge in [-0.2, -0.15) is 5.10 Å². The molecule has 0 atom stereocenters. The molecule has 0 amide bonds. The van der Waals surface area contributed by atoms with Crippen LogP contribution in [0.25, 0.3) is 0 Å². The maximum atomic E-state index is 13.4. The summed E-state index contributed by atoms with van der Waals surface area (Å²) in [5.74, 6) is -0.630. The molecular formula is C11H13F2N5. The van der Waals surface area contributed by atoms with Crippen LogP contribution in [0.5, 0.6) is 0 Å². The maximum absolute atomic E-state index is 13.4. The second-order valence-electron chi connectivity index (χ2n) is 3.82. The minimum absolute atomic E-state index is 0.0669. The van der Waals surface area contributed by atoms with Crippen molar-refractivity contribution in [2.45, 2.75) is 12.8 Å². The number of aromatic nitrogens is 3. The predicted molar refractivity (Wildman–Crippen MR) is 64.0 cm³/mol. The third-order valence-electron chi connectivity index (χ3n) is 2.42. The fourth-order valence-corrected chi connectivity index (χ4v) is 1.58. The maximum Gasteiger partial charge on any atom is 0.151 e. The van der Waals surface area contributed by atoms with Crippen LogP contribution in [0, 0.1) is 11.6 Å². The lowest BCUT2D eigenvalue weighted by atomic mass is 10.2. The molecule has 7 heteroatoms. The fraction of sp³-hybridized carbons (Fsp3) is 0.273. The number of nitrogens with two attached hydrogens (primary N) is 1. The highest BCUT2D eigenvalue weighted by atomic mass is 19.1. The summed E-state index contributed by atoms with van der Waals surface area (Å²) in [6.07, 6.45) is 2.76. The van der Waals surface area contributed by atoms with Crippen LogP contribution in [0.1, 0.15) is 12.2 Å². The van der Waals surface area contributed by atoms with E-state index < -0.39 is 11.6 Å². The zero-order valence-electron chi connectivity index (χ0n) is 9.58. The zero-order valence-corrected chi connectivity index (χ0v) is 9.58. The van der Waals surface area contributed by atoms with Crippen LogP contribution in [-0.4, -0.2) is 21.7 Å². The van der Waals surface area contributed by atoms with Gasteiger partial charge in [0.25, 0.3) is 0 Å². The van der Waals surface area contributed by atoms with E-state index in [0.717, 1.165) is 18.0 Å². The number of benzene rings is 1. The van der Waals surface area contributed by atoms with Crippen molar-refractivity contribution in [2.75, 3.05) is 17.6 Å². The number of aromatic amines is 1. The Kier molecular flexibility index (Phi) is 3.71. The lowest BCUT2D eigenvalue weighted by molar-refractivity contribution is 0.588. The molecule has 2 aromatic rings. The Morgan fingerprint density at radius 3 is 2.61 bits per heavy atom. The summed E-state index contributed by atoms with van der Waals surface area (Å²) in [5, 5.41) is 9.12. The Bertz CT molecular complexity index is 489. The molecule has 96 valence electrons. The van der Waals surface area contributed by atoms with Gasteiger partial charge in [-0.15, -0.1) is 0 Å². The second kappa shape index (κ2) is 5.44. The highest BCUT2D eigenvalue weighted by Gasteiger charge is 2.09. The molecule has 0 bridgehead atoms. The fourth-order valence-electron chi connectivity index (χ4n) is 1.58. The molecule has 5 nitrogen and oxygen atoms in total. The number of rotatable bonds is 5. The van der Waals surface area contributed by atoms with Gasteiger partial charge in [-0.1, -0.05) is 0 Å². The van der Waals surface area contributed by atoms with E-state index in [2.05, 4.69) is 20.5 Å². The molecule has 0 saturated heterocycles. The molecule has 18 heavy (non-hydrogen) atoms. The Hall–Kier alpha value is -2.18. The minimum Gasteiger partial charge on any atom is -0.399 e. The van der Waals surface area contributed by atoms with E-state index in [4.69, 9.17) is 5.73 Å². The van der Waals surface area contributed by atoms with Gasteiger partial charge in [0, 0.05) is 18.7 Å². The zero-order chi connectivity index (χ0) is 13.0. The van der Waals surface area contributed by atoms with Gasteiger partial charge in [-0.3, -0.25) is 5.10 Å². The van der Waals surface area contributed by atoms with Gasteiger partial charge >= 0.3 is 0 Å². The monoisotopic (exact) mass is 253 g/mol. The first kappa shape index (κ1) is 12.3. The Balaban J connectivity index is 1.87. The van der Waals surface area contributed by atoms with Crippen molar-refractivity contribution in [3.05, 3.63) is 35.9 Å². The van der Waals surface area contributed by atoms with E-state index in [1.54, 1.807) is 0 Å². The first-order valence-corrected chi connectivity index (χ1v) is 5.49. The van der Waals surface area contributed by atoms with E-state index in [-0.39, 0.29) is 11.4 Å². The van der Waals surface area contributed by atoms with Crippen LogP contribution in [0.3, 0.4) is 0 Å². The molecule has 0 spiro atoms. The Morgan fingerprint density at radius 1 is 1.28 bits per heavy atom. The number of anilines is 2. The normalized spacial score (nSPS) is 10.6. The lowest BCUT2D eigenvalue weighted by Gasteiger charge is -2.08. The Labute approximate surface area is 102 Å². The van der Waals surface area contributed by atoms with Crippen molar-refractivity contribution in [2.24, 2.45) is 0 Å². The van der Waals surface area contributed by atoms with Gasteiger partial charge in [-0.25, -0.2) is 13.8 Å². The molecule has 0 saturated carbocycles.